The zero-order valence-corrected chi connectivity index (χ0v) is 39.5. The van der Waals surface area contributed by atoms with Crippen LogP contribution in [0.25, 0.3) is 44.8 Å². The van der Waals surface area contributed by atoms with Gasteiger partial charge in [-0.25, -0.2) is 9.97 Å². The van der Waals surface area contributed by atoms with Crippen LogP contribution in [0, 0.1) is 0 Å². The minimum Gasteiger partial charge on any atom is -0.456 e. The van der Waals surface area contributed by atoms with Crippen molar-refractivity contribution in [2.24, 2.45) is 0 Å². The quantitative estimate of drug-likeness (QED) is 0.0783. The predicted molar refractivity (Wildman–Crippen MR) is 265 cm³/mol. The van der Waals surface area contributed by atoms with Crippen molar-refractivity contribution in [1.82, 2.24) is 39.5 Å². The summed E-state index contributed by atoms with van der Waals surface area (Å²) in [4.78, 5) is 54.3. The van der Waals surface area contributed by atoms with E-state index in [0.29, 0.717) is 19.6 Å². The maximum Gasteiger partial charge on any atom is 0.232 e. The number of amides is 2. The number of hydrogen-bond acceptors (Lipinski definition) is 7. The number of imidazole rings is 2. The van der Waals surface area contributed by atoms with E-state index in [9.17, 15) is 9.59 Å². The molecule has 344 valence electrons. The van der Waals surface area contributed by atoms with Crippen molar-refractivity contribution in [3.05, 3.63) is 144 Å². The highest BCUT2D eigenvalue weighted by Gasteiger charge is 2.37. The first-order chi connectivity index (χ1) is 32.2. The molecule has 11 nitrogen and oxygen atoms in total. The van der Waals surface area contributed by atoms with Gasteiger partial charge in [0.25, 0.3) is 0 Å². The van der Waals surface area contributed by atoms with Crippen LogP contribution in [0.1, 0.15) is 108 Å². The molecule has 2 N–H and O–H groups in total. The normalized spacial score (nSPS) is 15.5. The summed E-state index contributed by atoms with van der Waals surface area (Å²) in [5, 5.41) is 0.993. The lowest BCUT2D eigenvalue weighted by Gasteiger charge is -2.33. The van der Waals surface area contributed by atoms with Crippen molar-refractivity contribution in [2.75, 3.05) is 52.4 Å². The minimum absolute atomic E-state index is 0.0987. The second-order valence-corrected chi connectivity index (χ2v) is 17.6. The third kappa shape index (κ3) is 10.1. The first kappa shape index (κ1) is 46.2. The number of rotatable bonds is 20. The van der Waals surface area contributed by atoms with Gasteiger partial charge in [0.1, 0.15) is 23.0 Å². The Morgan fingerprint density at radius 3 is 1.95 bits per heavy atom. The number of benzene rings is 4. The molecule has 1 aliphatic heterocycles. The Labute approximate surface area is 390 Å². The lowest BCUT2D eigenvalue weighted by atomic mass is 9.95. The van der Waals surface area contributed by atoms with Crippen LogP contribution in [0.15, 0.2) is 126 Å². The lowest BCUT2D eigenvalue weighted by Crippen LogP contribution is -2.42. The second-order valence-electron chi connectivity index (χ2n) is 17.6. The van der Waals surface area contributed by atoms with Gasteiger partial charge >= 0.3 is 0 Å². The SMILES string of the molecule is CCCN(C(=O)C(CN(CC)CC)c1ccccc1)C(C)c1ncc(-c2ccc(-c3cc4cc(-c5cnc(C6CCCN6C(=O)C(CN(CC)CC)c6ccccc6)[nH]5)ccc4o3)cc2)[nH]1. The fourth-order valence-corrected chi connectivity index (χ4v) is 9.62. The average molecular weight is 887 g/mol. The number of aromatic nitrogens is 4. The third-order valence-corrected chi connectivity index (χ3v) is 13.6. The van der Waals surface area contributed by atoms with E-state index in [1.165, 1.54) is 0 Å². The number of likely N-dealkylation sites (tertiary alicyclic amines) is 1. The van der Waals surface area contributed by atoms with Crippen LogP contribution < -0.4 is 0 Å². The summed E-state index contributed by atoms with van der Waals surface area (Å²) in [6.45, 7) is 19.1. The summed E-state index contributed by atoms with van der Waals surface area (Å²) in [6, 6.07) is 36.6. The fraction of sp³-hybridized carbons (Fsp3) is 0.382. The molecule has 66 heavy (non-hydrogen) atoms. The Hall–Kier alpha value is -6.30. The van der Waals surface area contributed by atoms with Crippen molar-refractivity contribution in [1.29, 1.82) is 0 Å². The van der Waals surface area contributed by atoms with Crippen LogP contribution in [-0.2, 0) is 9.59 Å². The van der Waals surface area contributed by atoms with Gasteiger partial charge in [-0.05, 0) is 93.3 Å². The first-order valence-electron chi connectivity index (χ1n) is 24.1. The lowest BCUT2D eigenvalue weighted by molar-refractivity contribution is -0.136. The number of hydrogen-bond donors (Lipinski definition) is 2. The Morgan fingerprint density at radius 2 is 1.30 bits per heavy atom. The minimum atomic E-state index is -0.265. The fourth-order valence-electron chi connectivity index (χ4n) is 9.62. The third-order valence-electron chi connectivity index (χ3n) is 13.6. The van der Waals surface area contributed by atoms with E-state index in [-0.39, 0.29) is 35.7 Å². The summed E-state index contributed by atoms with van der Waals surface area (Å²) in [5.41, 5.74) is 7.67. The molecule has 1 saturated heterocycles. The van der Waals surface area contributed by atoms with Crippen LogP contribution in [0.2, 0.25) is 0 Å². The summed E-state index contributed by atoms with van der Waals surface area (Å²) in [7, 11) is 0. The maximum atomic E-state index is 14.4. The van der Waals surface area contributed by atoms with Crippen LogP contribution in [0.4, 0.5) is 0 Å². The van der Waals surface area contributed by atoms with Crippen LogP contribution >= 0.6 is 0 Å². The molecular weight excluding hydrogens is 821 g/mol. The number of H-pyrrole nitrogens is 2. The Balaban J connectivity index is 0.957. The van der Waals surface area contributed by atoms with E-state index >= 15 is 0 Å². The van der Waals surface area contributed by atoms with Crippen LogP contribution in [-0.4, -0.2) is 104 Å². The summed E-state index contributed by atoms with van der Waals surface area (Å²) < 4.78 is 6.38. The number of carbonyl (C=O) groups excluding carboxylic acids is 2. The Bertz CT molecular complexity index is 2640. The highest BCUT2D eigenvalue weighted by atomic mass is 16.3. The molecule has 0 aliphatic carbocycles. The maximum absolute atomic E-state index is 14.4. The van der Waals surface area contributed by atoms with Gasteiger partial charge in [-0.3, -0.25) is 9.59 Å². The molecule has 11 heteroatoms. The van der Waals surface area contributed by atoms with E-state index in [1.54, 1.807) is 0 Å². The molecule has 8 rings (SSSR count). The van der Waals surface area contributed by atoms with Gasteiger partial charge in [-0.2, -0.15) is 0 Å². The number of nitrogens with zero attached hydrogens (tertiary/aromatic N) is 6. The highest BCUT2D eigenvalue weighted by Crippen LogP contribution is 2.37. The average Bonchev–Trinajstić information content (AvgIpc) is 4.21. The largest absolute Gasteiger partial charge is 0.456 e. The van der Waals surface area contributed by atoms with E-state index < -0.39 is 0 Å². The topological polar surface area (TPSA) is 118 Å². The first-order valence-corrected chi connectivity index (χ1v) is 24.1. The molecule has 2 amide bonds. The van der Waals surface area contributed by atoms with Crippen molar-refractivity contribution in [3.63, 3.8) is 0 Å². The number of furan rings is 1. The molecular formula is C55H66N8O3. The van der Waals surface area contributed by atoms with Gasteiger partial charge in [-0.1, -0.05) is 120 Å². The number of nitrogens with one attached hydrogen (secondary N) is 2. The van der Waals surface area contributed by atoms with E-state index in [1.807, 2.05) is 64.7 Å². The van der Waals surface area contributed by atoms with E-state index in [0.717, 1.165) is 120 Å². The number of carbonyl (C=O) groups is 2. The molecule has 0 saturated carbocycles. The highest BCUT2D eigenvalue weighted by molar-refractivity contribution is 5.88. The van der Waals surface area contributed by atoms with Crippen molar-refractivity contribution >= 4 is 22.8 Å². The van der Waals surface area contributed by atoms with Crippen LogP contribution in [0.3, 0.4) is 0 Å². The molecule has 4 unspecified atom stereocenters. The summed E-state index contributed by atoms with van der Waals surface area (Å²) >= 11 is 0. The van der Waals surface area contributed by atoms with Crippen molar-refractivity contribution in [2.45, 2.75) is 84.7 Å². The molecule has 4 aromatic carbocycles. The standard InChI is InChI=1S/C55H66N8O3/c1-7-30-62(54(64)45(36-60(8-2)9-3)39-19-14-12-15-20-39)38(6)52-56-34-47(58-52)41-24-26-42(27-25-41)51-33-44-32-43(28-29-50(44)66-51)48-35-57-53(59-48)49-23-18-31-63(49)55(65)46(37-61(10-4)11-5)40-21-16-13-17-22-40/h12-17,19-22,24-29,32-35,38,45-46,49H,7-11,18,23,30-31,36-37H2,1-6H3,(H,56,58)(H,57,59). The van der Waals surface area contributed by atoms with Crippen molar-refractivity contribution in [3.8, 4) is 33.8 Å². The molecule has 7 aromatic rings. The van der Waals surface area contributed by atoms with Gasteiger partial charge < -0.3 is 34.0 Å². The van der Waals surface area contributed by atoms with E-state index in [2.05, 4.69) is 128 Å². The van der Waals surface area contributed by atoms with Gasteiger partial charge in [0, 0.05) is 42.7 Å². The zero-order valence-electron chi connectivity index (χ0n) is 39.5. The van der Waals surface area contributed by atoms with Gasteiger partial charge in [-0.15, -0.1) is 0 Å². The number of likely N-dealkylation sites (N-methyl/N-ethyl adjacent to an activating group) is 2. The monoisotopic (exact) mass is 887 g/mol. The molecule has 0 spiro atoms. The zero-order chi connectivity index (χ0) is 46.2. The molecule has 4 heterocycles. The molecule has 0 radical (unpaired) electrons. The Kier molecular flexibility index (Phi) is 14.9. The molecule has 0 bridgehead atoms. The summed E-state index contributed by atoms with van der Waals surface area (Å²) in [5.74, 6) is 2.16. The van der Waals surface area contributed by atoms with Crippen molar-refractivity contribution < 1.29 is 14.0 Å². The second kappa shape index (κ2) is 21.3. The van der Waals surface area contributed by atoms with Crippen LogP contribution in [0.5, 0.6) is 0 Å². The predicted octanol–water partition coefficient (Wildman–Crippen LogP) is 11.1. The van der Waals surface area contributed by atoms with Gasteiger partial charge in [0.05, 0.1) is 47.7 Å². The number of fused-ring (bicyclic) bond motifs is 1. The summed E-state index contributed by atoms with van der Waals surface area (Å²) in [6.07, 6.45) is 6.42. The smallest absolute Gasteiger partial charge is 0.232 e. The molecule has 3 aromatic heterocycles. The molecule has 1 fully saturated rings. The van der Waals surface area contributed by atoms with Gasteiger partial charge in [0.15, 0.2) is 0 Å². The Morgan fingerprint density at radius 1 is 0.712 bits per heavy atom. The van der Waals surface area contributed by atoms with E-state index in [4.69, 9.17) is 14.4 Å². The molecule has 1 aliphatic rings. The van der Waals surface area contributed by atoms with Gasteiger partial charge in [0.2, 0.25) is 11.8 Å². The molecule has 4 atom stereocenters. The number of aromatic amines is 2.